The van der Waals surface area contributed by atoms with Gasteiger partial charge in [0.1, 0.15) is 6.54 Å². The van der Waals surface area contributed by atoms with Gasteiger partial charge < -0.3 is 20.4 Å². The molecule has 134 valence electrons. The Morgan fingerprint density at radius 1 is 1.23 bits per heavy atom. The molecule has 2 aromatic heterocycles. The number of esters is 1. The highest BCUT2D eigenvalue weighted by molar-refractivity contribution is 7.10. The van der Waals surface area contributed by atoms with Crippen molar-refractivity contribution in [1.29, 1.82) is 0 Å². The van der Waals surface area contributed by atoms with Crippen molar-refractivity contribution >= 4 is 40.0 Å². The second kappa shape index (κ2) is 7.40. The summed E-state index contributed by atoms with van der Waals surface area (Å²) in [6, 6.07) is 9.85. The number of ether oxygens (including phenoxy) is 1. The molecule has 0 saturated carbocycles. The number of nitrogens with two attached hydrogens (primary N) is 1. The molecular weight excluding hydrogens is 354 g/mol. The maximum absolute atomic E-state index is 12.5. The number of carbonyl (C=O) groups excluding carboxylic acids is 3. The van der Waals surface area contributed by atoms with Crippen LogP contribution in [0, 0.1) is 0 Å². The van der Waals surface area contributed by atoms with Crippen LogP contribution in [0.3, 0.4) is 0 Å². The van der Waals surface area contributed by atoms with Gasteiger partial charge in [-0.25, -0.2) is 4.79 Å². The van der Waals surface area contributed by atoms with Crippen molar-refractivity contribution in [3.05, 3.63) is 58.4 Å². The number of thiophene rings is 1. The Morgan fingerprint density at radius 2 is 2.00 bits per heavy atom. The van der Waals surface area contributed by atoms with Crippen LogP contribution in [0.2, 0.25) is 0 Å². The minimum atomic E-state index is -0.870. The van der Waals surface area contributed by atoms with Crippen molar-refractivity contribution in [3.63, 3.8) is 0 Å². The SMILES string of the molecule is COC(=O)C(NC(=O)Cn1cc(C(N)=O)c2ccccc21)c1cccs1. The Labute approximate surface area is 153 Å². The largest absolute Gasteiger partial charge is 0.467 e. The van der Waals surface area contributed by atoms with Gasteiger partial charge in [0.25, 0.3) is 5.91 Å². The van der Waals surface area contributed by atoms with E-state index in [1.54, 1.807) is 41.1 Å². The Hall–Kier alpha value is -3.13. The zero-order chi connectivity index (χ0) is 18.7. The first-order valence-electron chi connectivity index (χ1n) is 7.79. The van der Waals surface area contributed by atoms with Crippen LogP contribution in [0.1, 0.15) is 21.3 Å². The van der Waals surface area contributed by atoms with Gasteiger partial charge in [-0.2, -0.15) is 0 Å². The zero-order valence-electron chi connectivity index (χ0n) is 14.0. The van der Waals surface area contributed by atoms with E-state index in [1.807, 2.05) is 11.4 Å². The Kier molecular flexibility index (Phi) is 5.04. The van der Waals surface area contributed by atoms with Gasteiger partial charge in [0.05, 0.1) is 12.7 Å². The number of rotatable bonds is 6. The monoisotopic (exact) mass is 371 g/mol. The molecule has 3 N–H and O–H groups in total. The first-order valence-corrected chi connectivity index (χ1v) is 8.67. The van der Waals surface area contributed by atoms with E-state index in [4.69, 9.17) is 10.5 Å². The summed E-state index contributed by atoms with van der Waals surface area (Å²) >= 11 is 1.35. The topological polar surface area (TPSA) is 103 Å². The first kappa shape index (κ1) is 17.7. The lowest BCUT2D eigenvalue weighted by Crippen LogP contribution is -2.36. The van der Waals surface area contributed by atoms with Crippen LogP contribution in [0.4, 0.5) is 0 Å². The van der Waals surface area contributed by atoms with E-state index in [9.17, 15) is 14.4 Å². The minimum absolute atomic E-state index is 0.0628. The fraction of sp³-hybridized carbons (Fsp3) is 0.167. The average Bonchev–Trinajstić information content (AvgIpc) is 3.27. The number of benzene rings is 1. The molecule has 7 nitrogen and oxygen atoms in total. The highest BCUT2D eigenvalue weighted by atomic mass is 32.1. The summed E-state index contributed by atoms with van der Waals surface area (Å²) in [5.41, 5.74) is 6.47. The molecule has 0 saturated heterocycles. The summed E-state index contributed by atoms with van der Waals surface area (Å²) in [4.78, 5) is 36.8. The number of para-hydroxylation sites is 1. The van der Waals surface area contributed by atoms with E-state index in [0.29, 0.717) is 21.3 Å². The van der Waals surface area contributed by atoms with Crippen molar-refractivity contribution in [2.45, 2.75) is 12.6 Å². The van der Waals surface area contributed by atoms with Gasteiger partial charge in [0.2, 0.25) is 5.91 Å². The second-order valence-corrected chi connectivity index (χ2v) is 6.57. The molecule has 0 spiro atoms. The number of aromatic nitrogens is 1. The fourth-order valence-corrected chi connectivity index (χ4v) is 3.52. The molecule has 0 aliphatic rings. The fourth-order valence-electron chi connectivity index (χ4n) is 2.75. The van der Waals surface area contributed by atoms with Crippen LogP contribution in [0.15, 0.2) is 48.0 Å². The molecule has 0 aliphatic heterocycles. The normalized spacial score (nSPS) is 11.9. The summed E-state index contributed by atoms with van der Waals surface area (Å²) in [5.74, 6) is -1.49. The van der Waals surface area contributed by atoms with Crippen LogP contribution >= 0.6 is 11.3 Å². The van der Waals surface area contributed by atoms with Crippen LogP contribution in [0.5, 0.6) is 0 Å². The van der Waals surface area contributed by atoms with Gasteiger partial charge in [-0.1, -0.05) is 24.3 Å². The minimum Gasteiger partial charge on any atom is -0.467 e. The van der Waals surface area contributed by atoms with Crippen LogP contribution in [-0.2, 0) is 20.9 Å². The number of carbonyl (C=O) groups is 3. The predicted octanol–water partition coefficient (Wildman–Crippen LogP) is 1.83. The zero-order valence-corrected chi connectivity index (χ0v) is 14.8. The van der Waals surface area contributed by atoms with Gasteiger partial charge in [0.15, 0.2) is 6.04 Å². The van der Waals surface area contributed by atoms with E-state index >= 15 is 0 Å². The second-order valence-electron chi connectivity index (χ2n) is 5.59. The molecule has 1 unspecified atom stereocenters. The molecule has 1 aromatic carbocycles. The molecule has 0 bridgehead atoms. The highest BCUT2D eigenvalue weighted by Crippen LogP contribution is 2.22. The number of hydrogen-bond donors (Lipinski definition) is 2. The molecule has 1 atom stereocenters. The van der Waals surface area contributed by atoms with Gasteiger partial charge in [-0.05, 0) is 17.5 Å². The number of amides is 2. The third kappa shape index (κ3) is 3.45. The number of nitrogens with zero attached hydrogens (tertiary/aromatic N) is 1. The van der Waals surface area contributed by atoms with Crippen molar-refractivity contribution in [2.75, 3.05) is 7.11 Å². The molecule has 3 rings (SSSR count). The van der Waals surface area contributed by atoms with E-state index < -0.39 is 17.9 Å². The molecule has 26 heavy (non-hydrogen) atoms. The number of nitrogens with one attached hydrogen (secondary N) is 1. The van der Waals surface area contributed by atoms with Crippen LogP contribution in [0.25, 0.3) is 10.9 Å². The van der Waals surface area contributed by atoms with E-state index in [-0.39, 0.29) is 12.5 Å². The maximum Gasteiger partial charge on any atom is 0.333 e. The van der Waals surface area contributed by atoms with E-state index in [2.05, 4.69) is 5.32 Å². The lowest BCUT2D eigenvalue weighted by molar-refractivity contribution is -0.145. The Bertz CT molecular complexity index is 962. The van der Waals surface area contributed by atoms with Crippen LogP contribution in [-0.4, -0.2) is 29.5 Å². The summed E-state index contributed by atoms with van der Waals surface area (Å²) in [6.07, 6.45) is 1.55. The predicted molar refractivity (Wildman–Crippen MR) is 97.7 cm³/mol. The highest BCUT2D eigenvalue weighted by Gasteiger charge is 2.25. The molecular formula is C18H17N3O4S. The lowest BCUT2D eigenvalue weighted by Gasteiger charge is -2.15. The summed E-state index contributed by atoms with van der Waals surface area (Å²) in [6.45, 7) is -0.0628. The molecule has 2 heterocycles. The van der Waals surface area contributed by atoms with Gasteiger partial charge in [-0.15, -0.1) is 11.3 Å². The molecule has 0 fully saturated rings. The Balaban J connectivity index is 1.85. The summed E-state index contributed by atoms with van der Waals surface area (Å²) in [5, 5.41) is 5.17. The van der Waals surface area contributed by atoms with Gasteiger partial charge in [-0.3, -0.25) is 9.59 Å². The van der Waals surface area contributed by atoms with Crippen molar-refractivity contribution in [3.8, 4) is 0 Å². The number of fused-ring (bicyclic) bond motifs is 1. The summed E-state index contributed by atoms with van der Waals surface area (Å²) in [7, 11) is 1.27. The van der Waals surface area contributed by atoms with E-state index in [0.717, 1.165) is 0 Å². The first-order chi connectivity index (χ1) is 12.5. The van der Waals surface area contributed by atoms with Crippen LogP contribution < -0.4 is 11.1 Å². The van der Waals surface area contributed by atoms with Crippen molar-refractivity contribution < 1.29 is 19.1 Å². The Morgan fingerprint density at radius 3 is 2.65 bits per heavy atom. The number of hydrogen-bond acceptors (Lipinski definition) is 5. The average molecular weight is 371 g/mol. The maximum atomic E-state index is 12.5. The molecule has 0 aliphatic carbocycles. The number of methoxy groups -OCH3 is 1. The lowest BCUT2D eigenvalue weighted by atomic mass is 10.2. The van der Waals surface area contributed by atoms with Crippen molar-refractivity contribution in [1.82, 2.24) is 9.88 Å². The van der Waals surface area contributed by atoms with Crippen molar-refractivity contribution in [2.24, 2.45) is 5.73 Å². The standard InChI is InChI=1S/C18H17N3O4S/c1-25-18(24)16(14-7-4-8-26-14)20-15(22)10-21-9-12(17(19)23)11-5-2-3-6-13(11)21/h2-9,16H,10H2,1H3,(H2,19,23)(H,20,22). The van der Waals surface area contributed by atoms with Gasteiger partial charge in [0, 0.05) is 22.0 Å². The number of primary amides is 1. The molecule has 8 heteroatoms. The summed E-state index contributed by atoms with van der Waals surface area (Å²) < 4.78 is 6.41. The smallest absolute Gasteiger partial charge is 0.333 e. The van der Waals surface area contributed by atoms with Gasteiger partial charge >= 0.3 is 5.97 Å². The molecule has 3 aromatic rings. The quantitative estimate of drug-likeness (QED) is 0.645. The molecule has 2 amide bonds. The third-order valence-electron chi connectivity index (χ3n) is 3.94. The molecule has 0 radical (unpaired) electrons. The van der Waals surface area contributed by atoms with E-state index in [1.165, 1.54) is 18.4 Å². The third-order valence-corrected chi connectivity index (χ3v) is 4.88.